The minimum absolute atomic E-state index is 0.238. The summed E-state index contributed by atoms with van der Waals surface area (Å²) >= 11 is 18.5. The molecule has 0 amide bonds. The number of nitrogens with one attached hydrogen (secondary N) is 3. The van der Waals surface area contributed by atoms with Crippen LogP contribution < -0.4 is 10.2 Å². The number of anilines is 1. The van der Waals surface area contributed by atoms with Crippen LogP contribution in [0.4, 0.5) is 5.82 Å². The highest BCUT2D eigenvalue weighted by Gasteiger charge is 2.37. The molecule has 0 spiro atoms. The largest absolute Gasteiger partial charge is 0.356 e. The number of rotatable bonds is 7. The fourth-order valence-electron chi connectivity index (χ4n) is 10.9. The fourth-order valence-corrected chi connectivity index (χ4v) is 11.5. The lowest BCUT2D eigenvalue weighted by molar-refractivity contribution is 0.199. The van der Waals surface area contributed by atoms with Crippen LogP contribution in [0.1, 0.15) is 107 Å². The second kappa shape index (κ2) is 19.4. The van der Waals surface area contributed by atoms with Crippen molar-refractivity contribution in [3.05, 3.63) is 145 Å². The average molecular weight is 906 g/mol. The van der Waals surface area contributed by atoms with Crippen molar-refractivity contribution >= 4 is 40.6 Å². The number of hydrogen-bond donors (Lipinski definition) is 3. The van der Waals surface area contributed by atoms with Crippen LogP contribution >= 0.6 is 34.8 Å². The Labute approximate surface area is 384 Å². The molecule has 0 radical (unpaired) electrons. The van der Waals surface area contributed by atoms with Gasteiger partial charge in [0.2, 0.25) is 10.6 Å². The Hall–Kier alpha value is -4.43. The van der Waals surface area contributed by atoms with Gasteiger partial charge < -0.3 is 20.2 Å². The second-order valence-electron chi connectivity index (χ2n) is 17.9. The van der Waals surface area contributed by atoms with E-state index in [1.807, 2.05) is 24.8 Å². The van der Waals surface area contributed by atoms with E-state index in [1.54, 1.807) is 0 Å². The molecule has 2 saturated heterocycles. The van der Waals surface area contributed by atoms with Gasteiger partial charge in [-0.2, -0.15) is 0 Å². The Morgan fingerprint density at radius 2 is 1.21 bits per heavy atom. The predicted octanol–water partition coefficient (Wildman–Crippen LogP) is 9.05. The molecular weight excluding hydrogens is 851 g/mol. The molecule has 4 atom stereocenters. The van der Waals surface area contributed by atoms with E-state index in [9.17, 15) is 0 Å². The van der Waals surface area contributed by atoms with Crippen molar-refractivity contribution < 1.29 is 0 Å². The predicted molar refractivity (Wildman–Crippen MR) is 248 cm³/mol. The molecule has 2 fully saturated rings. The summed E-state index contributed by atoms with van der Waals surface area (Å²) in [6.07, 6.45) is 19.2. The molecular formula is C48H55Cl3N12. The number of hydrogen-bond acceptors (Lipinski definition) is 10. The Kier molecular flexibility index (Phi) is 13.1. The molecule has 0 bridgehead atoms. The van der Waals surface area contributed by atoms with E-state index in [-0.39, 0.29) is 5.28 Å². The topological polar surface area (TPSA) is 131 Å². The van der Waals surface area contributed by atoms with E-state index in [0.717, 1.165) is 118 Å². The van der Waals surface area contributed by atoms with Crippen molar-refractivity contribution in [2.24, 2.45) is 11.8 Å². The zero-order chi connectivity index (χ0) is 42.7. The van der Waals surface area contributed by atoms with E-state index in [2.05, 4.69) is 103 Å². The van der Waals surface area contributed by atoms with Crippen LogP contribution in [0.3, 0.4) is 0 Å². The van der Waals surface area contributed by atoms with Crippen molar-refractivity contribution in [3.8, 4) is 0 Å². The quantitative estimate of drug-likeness (QED) is 0.105. The van der Waals surface area contributed by atoms with Gasteiger partial charge in [0.05, 0.1) is 11.4 Å². The summed E-state index contributed by atoms with van der Waals surface area (Å²) < 4.78 is 0. The lowest BCUT2D eigenvalue weighted by Crippen LogP contribution is -2.37. The van der Waals surface area contributed by atoms with Crippen molar-refractivity contribution in [3.63, 3.8) is 0 Å². The number of benzene rings is 2. The minimum atomic E-state index is 0.238. The summed E-state index contributed by atoms with van der Waals surface area (Å²) in [5, 5.41) is 4.51. The van der Waals surface area contributed by atoms with Gasteiger partial charge >= 0.3 is 0 Å². The third-order valence-electron chi connectivity index (χ3n) is 13.9. The van der Waals surface area contributed by atoms with Gasteiger partial charge in [-0.15, -0.1) is 0 Å². The summed E-state index contributed by atoms with van der Waals surface area (Å²) in [5.41, 5.74) is 10.2. The van der Waals surface area contributed by atoms with E-state index >= 15 is 0 Å². The maximum Gasteiger partial charge on any atom is 0.224 e. The third kappa shape index (κ3) is 9.67. The highest BCUT2D eigenvalue weighted by atomic mass is 35.5. The van der Waals surface area contributed by atoms with Gasteiger partial charge in [-0.3, -0.25) is 9.80 Å². The lowest BCUT2D eigenvalue weighted by Gasteiger charge is -2.34. The molecule has 12 rings (SSSR count). The average Bonchev–Trinajstić information content (AvgIpc) is 4.16. The maximum atomic E-state index is 6.41. The number of fused-ring (bicyclic) bond motifs is 4. The zero-order valence-corrected chi connectivity index (χ0v) is 37.9. The molecule has 12 nitrogen and oxygen atoms in total. The van der Waals surface area contributed by atoms with Gasteiger partial charge in [0, 0.05) is 100 Å². The summed E-state index contributed by atoms with van der Waals surface area (Å²) in [5.74, 6) is 4.61. The number of aromatic amines is 2. The SMILES string of the molecule is Clc1nc(Cl)c2c(n1)CN(C1CCc3ccccc31)C2.Clc1nc2c(c(N3CCC[C@@H](Cc4ncc[nH]4)C3)n1)CN(C1CCc3ccccc31)C2.c1c[nH]c(C[C@@H]2CCCNC2)n1. The van der Waals surface area contributed by atoms with Gasteiger partial charge in [0.1, 0.15) is 22.6 Å². The smallest absolute Gasteiger partial charge is 0.224 e. The molecule has 3 N–H and O–H groups in total. The van der Waals surface area contributed by atoms with Crippen LogP contribution in [0, 0.1) is 11.8 Å². The molecule has 8 heterocycles. The van der Waals surface area contributed by atoms with E-state index in [0.29, 0.717) is 28.4 Å². The van der Waals surface area contributed by atoms with E-state index < -0.39 is 0 Å². The maximum absolute atomic E-state index is 6.41. The van der Waals surface area contributed by atoms with Gasteiger partial charge in [0.25, 0.3) is 0 Å². The van der Waals surface area contributed by atoms with Crippen molar-refractivity contribution in [2.75, 3.05) is 31.1 Å². The summed E-state index contributed by atoms with van der Waals surface area (Å²) in [6, 6.07) is 18.5. The van der Waals surface area contributed by atoms with Gasteiger partial charge in [-0.05, 0) is 122 Å². The molecule has 2 unspecified atom stereocenters. The molecule has 2 aliphatic carbocycles. The summed E-state index contributed by atoms with van der Waals surface area (Å²) in [6.45, 7) is 7.73. The monoisotopic (exact) mass is 904 g/mol. The second-order valence-corrected chi connectivity index (χ2v) is 18.9. The third-order valence-corrected chi connectivity index (χ3v) is 14.5. The summed E-state index contributed by atoms with van der Waals surface area (Å²) in [7, 11) is 0. The highest BCUT2D eigenvalue weighted by molar-refractivity contribution is 6.32. The number of imidazole rings is 2. The standard InChI is InChI=1S/C24H27ClN6.C15H13Cl2N3.C9H15N3/c25-24-28-20-15-31(21-8-7-17-5-1-2-6-18(17)21)14-19(20)23(29-24)30-11-3-4-16(13-30)12-22-26-9-10-27-22;16-14-11-7-20(8-12(11)18-15(17)19-14)13-6-5-9-3-1-2-4-10(9)13;1-2-8(7-10-3-1)6-9-11-4-5-12-9/h1-2,5-6,9-10,16,21H,3-4,7-8,11-15H2,(H,26,27);1-4,13H,5-8H2;4-5,8,10H,1-3,6-7H2,(H,11,12)/t16-,21?;;8-/m0.0/s1. The molecule has 4 aromatic heterocycles. The number of halogens is 3. The van der Waals surface area contributed by atoms with Gasteiger partial charge in [-0.1, -0.05) is 60.1 Å². The van der Waals surface area contributed by atoms with Gasteiger partial charge in [0.15, 0.2) is 0 Å². The van der Waals surface area contributed by atoms with Crippen molar-refractivity contribution in [1.29, 1.82) is 0 Å². The molecule has 63 heavy (non-hydrogen) atoms. The normalized spacial score (nSPS) is 22.7. The Morgan fingerprint density at radius 1 is 0.619 bits per heavy atom. The molecule has 15 heteroatoms. The molecule has 4 aliphatic heterocycles. The summed E-state index contributed by atoms with van der Waals surface area (Å²) in [4.78, 5) is 40.2. The first-order chi connectivity index (χ1) is 30.9. The van der Waals surface area contributed by atoms with Crippen LogP contribution in [0.15, 0.2) is 73.3 Å². The first-order valence-electron chi connectivity index (χ1n) is 22.7. The highest BCUT2D eigenvalue weighted by Crippen LogP contribution is 2.43. The van der Waals surface area contributed by atoms with Gasteiger partial charge in [-0.25, -0.2) is 29.9 Å². The van der Waals surface area contributed by atoms with Crippen LogP contribution in [0.5, 0.6) is 0 Å². The Balaban J connectivity index is 0.000000125. The molecule has 6 aliphatic rings. The number of H-pyrrole nitrogens is 2. The number of piperidine rings is 2. The van der Waals surface area contributed by atoms with E-state index in [1.165, 1.54) is 66.5 Å². The molecule has 0 saturated carbocycles. The zero-order valence-electron chi connectivity index (χ0n) is 35.6. The number of aromatic nitrogens is 8. The first-order valence-corrected chi connectivity index (χ1v) is 23.9. The van der Waals surface area contributed by atoms with Crippen molar-refractivity contribution in [1.82, 2.24) is 55.0 Å². The van der Waals surface area contributed by atoms with Crippen LogP contribution in [0.25, 0.3) is 0 Å². The minimum Gasteiger partial charge on any atom is -0.356 e. The van der Waals surface area contributed by atoms with Crippen LogP contribution in [0.2, 0.25) is 15.7 Å². The first kappa shape index (κ1) is 42.5. The van der Waals surface area contributed by atoms with Crippen molar-refractivity contribution in [2.45, 2.75) is 102 Å². The Morgan fingerprint density at radius 3 is 1.83 bits per heavy atom. The number of nitrogens with zero attached hydrogens (tertiary/aromatic N) is 9. The number of aryl methyl sites for hydroxylation is 2. The molecule has 6 aromatic rings. The molecule has 2 aromatic carbocycles. The van der Waals surface area contributed by atoms with E-state index in [4.69, 9.17) is 39.8 Å². The molecule has 328 valence electrons. The Bertz CT molecular complexity index is 2470. The fraction of sp³-hybridized carbons (Fsp3) is 0.458. The lowest BCUT2D eigenvalue weighted by atomic mass is 9.94. The van der Waals surface area contributed by atoms with Crippen LogP contribution in [-0.4, -0.2) is 75.9 Å². The van der Waals surface area contributed by atoms with Crippen LogP contribution in [-0.2, 0) is 51.9 Å².